The number of rotatable bonds is 29. The number of thioether (sulfide) groups is 1. The SMILES string of the molecule is C=C(/C=C\C(=C/C)OC(C)=O)NC(=C)SCC(NC(=O)CNC(=O)[C@@H](NC(=O)CN)[C@@H](C)CC)C(=O)NC(CC(N)=O)C(=O)N1C[C@H](O)C[C@H]1C(=O)N[C@](O)(C=O)[C@@H](C)[C@H](COC(C)=O)OC(C)=O. The van der Waals surface area contributed by atoms with E-state index < -0.39 is 146 Å². The minimum atomic E-state index is -2.82. The van der Waals surface area contributed by atoms with Crippen LogP contribution < -0.4 is 43.4 Å². The highest BCUT2D eigenvalue weighted by molar-refractivity contribution is 8.03. The van der Waals surface area contributed by atoms with Gasteiger partial charge in [0.15, 0.2) is 6.29 Å². The number of primary amides is 1. The van der Waals surface area contributed by atoms with Crippen LogP contribution in [0.5, 0.6) is 0 Å². The number of nitrogens with two attached hydrogens (primary N) is 2. The third-order valence-corrected chi connectivity index (χ3v) is 11.1. The zero-order chi connectivity index (χ0) is 52.8. The first kappa shape index (κ1) is 60.4. The van der Waals surface area contributed by atoms with Crippen LogP contribution in [0.4, 0.5) is 0 Å². The van der Waals surface area contributed by atoms with Crippen molar-refractivity contribution in [3.63, 3.8) is 0 Å². The molecule has 12 N–H and O–H groups in total. The summed E-state index contributed by atoms with van der Waals surface area (Å²) in [7, 11) is 0. The number of nitrogens with one attached hydrogen (secondary N) is 6. The number of carbonyl (C=O) groups is 11. The molecular formula is C43H65N9O16S. The van der Waals surface area contributed by atoms with Gasteiger partial charge in [0.2, 0.25) is 47.1 Å². The molecule has 0 bridgehead atoms. The van der Waals surface area contributed by atoms with Crippen LogP contribution in [-0.2, 0) is 67.0 Å². The molecule has 1 saturated heterocycles. The second-order valence-corrected chi connectivity index (χ2v) is 16.9. The predicted octanol–water partition coefficient (Wildman–Crippen LogP) is -3.14. The highest BCUT2D eigenvalue weighted by atomic mass is 32.2. The van der Waals surface area contributed by atoms with Gasteiger partial charge in [-0.05, 0) is 31.1 Å². The number of likely N-dealkylation sites (tertiary alicyclic amines) is 1. The van der Waals surface area contributed by atoms with Crippen LogP contribution in [0.15, 0.2) is 47.9 Å². The molecule has 1 aliphatic heterocycles. The number of hydrogen-bond donors (Lipinski definition) is 10. The van der Waals surface area contributed by atoms with E-state index in [1.165, 1.54) is 32.1 Å². The predicted molar refractivity (Wildman–Crippen MR) is 246 cm³/mol. The molecule has 9 atom stereocenters. The molecular weight excluding hydrogens is 931 g/mol. The third-order valence-electron chi connectivity index (χ3n) is 10.2. The zero-order valence-electron chi connectivity index (χ0n) is 39.6. The van der Waals surface area contributed by atoms with Crippen molar-refractivity contribution >= 4 is 77.3 Å². The molecule has 0 aromatic carbocycles. The van der Waals surface area contributed by atoms with E-state index >= 15 is 0 Å². The normalized spacial score (nSPS) is 18.0. The Morgan fingerprint density at radius 2 is 1.58 bits per heavy atom. The van der Waals surface area contributed by atoms with Crippen LogP contribution in [0.3, 0.4) is 0 Å². The number of hydrogen-bond acceptors (Lipinski definition) is 19. The fourth-order valence-electron chi connectivity index (χ4n) is 6.31. The number of aldehydes is 1. The Bertz CT molecular complexity index is 2010. The first-order valence-electron chi connectivity index (χ1n) is 21.5. The number of carbonyl (C=O) groups excluding carboxylic acids is 11. The number of ether oxygens (including phenoxy) is 3. The quantitative estimate of drug-likeness (QED) is 0.00884. The number of allylic oxidation sites excluding steroid dienone is 3. The van der Waals surface area contributed by atoms with Crippen LogP contribution in [0.1, 0.15) is 67.7 Å². The van der Waals surface area contributed by atoms with Crippen molar-refractivity contribution in [2.75, 3.05) is 32.0 Å². The lowest BCUT2D eigenvalue weighted by atomic mass is 9.92. The first-order chi connectivity index (χ1) is 32.2. The number of nitrogens with zero attached hydrogens (tertiary/aromatic N) is 1. The first-order valence-corrected chi connectivity index (χ1v) is 22.5. The molecule has 0 aliphatic carbocycles. The average Bonchev–Trinajstić information content (AvgIpc) is 3.68. The van der Waals surface area contributed by atoms with Crippen molar-refractivity contribution in [2.45, 2.75) is 110 Å². The number of aliphatic hydroxyl groups is 2. The van der Waals surface area contributed by atoms with E-state index in [0.29, 0.717) is 6.42 Å². The van der Waals surface area contributed by atoms with Crippen LogP contribution in [0.25, 0.3) is 0 Å². The van der Waals surface area contributed by atoms with Crippen LogP contribution in [0, 0.1) is 11.8 Å². The van der Waals surface area contributed by atoms with Crippen molar-refractivity contribution in [3.8, 4) is 0 Å². The molecule has 1 fully saturated rings. The molecule has 1 rings (SSSR count). The number of amides is 7. The van der Waals surface area contributed by atoms with Gasteiger partial charge in [-0.1, -0.05) is 40.3 Å². The fraction of sp³-hybridized carbons (Fsp3) is 0.558. The van der Waals surface area contributed by atoms with E-state index in [1.807, 2.05) is 0 Å². The Kier molecular flexibility index (Phi) is 25.6. The lowest BCUT2D eigenvalue weighted by molar-refractivity contribution is -0.173. The van der Waals surface area contributed by atoms with Gasteiger partial charge in [0.25, 0.3) is 0 Å². The van der Waals surface area contributed by atoms with E-state index in [-0.39, 0.29) is 34.4 Å². The summed E-state index contributed by atoms with van der Waals surface area (Å²) in [5.41, 5.74) is 8.29. The molecule has 26 heteroatoms. The van der Waals surface area contributed by atoms with Crippen molar-refractivity contribution < 1.29 is 77.2 Å². The summed E-state index contributed by atoms with van der Waals surface area (Å²) in [4.78, 5) is 141. The van der Waals surface area contributed by atoms with E-state index in [2.05, 4.69) is 45.1 Å². The zero-order valence-corrected chi connectivity index (χ0v) is 40.4. The topological polar surface area (TPSA) is 383 Å². The summed E-state index contributed by atoms with van der Waals surface area (Å²) < 4.78 is 15.0. The Labute approximate surface area is 403 Å². The molecule has 1 aliphatic rings. The Hall–Kier alpha value is -6.64. The van der Waals surface area contributed by atoms with Gasteiger partial charge in [0.1, 0.15) is 42.6 Å². The highest BCUT2D eigenvalue weighted by Gasteiger charge is 2.47. The van der Waals surface area contributed by atoms with Crippen molar-refractivity contribution in [2.24, 2.45) is 23.3 Å². The summed E-state index contributed by atoms with van der Waals surface area (Å²) in [6.45, 7) is 15.0. The molecule has 25 nitrogen and oxygen atoms in total. The molecule has 0 spiro atoms. The average molecular weight is 996 g/mol. The number of esters is 3. The fourth-order valence-corrected chi connectivity index (χ4v) is 7.11. The van der Waals surface area contributed by atoms with E-state index in [9.17, 15) is 63.0 Å². The smallest absolute Gasteiger partial charge is 0.308 e. The Balaban J connectivity index is 3.50. The van der Waals surface area contributed by atoms with E-state index in [4.69, 9.17) is 25.7 Å². The van der Waals surface area contributed by atoms with Gasteiger partial charge in [-0.25, -0.2) is 0 Å². The summed E-state index contributed by atoms with van der Waals surface area (Å²) in [5, 5.41) is 36.7. The third kappa shape index (κ3) is 21.0. The second-order valence-electron chi connectivity index (χ2n) is 15.8. The van der Waals surface area contributed by atoms with Gasteiger partial charge in [-0.15, -0.1) is 11.8 Å². The monoisotopic (exact) mass is 995 g/mol. The van der Waals surface area contributed by atoms with Gasteiger partial charge in [0, 0.05) is 45.2 Å². The second kappa shape index (κ2) is 29.3. The summed E-state index contributed by atoms with van der Waals surface area (Å²) in [6.07, 6.45) is 0.595. The lowest BCUT2D eigenvalue weighted by Gasteiger charge is -2.36. The van der Waals surface area contributed by atoms with Gasteiger partial charge >= 0.3 is 17.9 Å². The molecule has 0 saturated carbocycles. The van der Waals surface area contributed by atoms with Gasteiger partial charge in [-0.2, -0.15) is 0 Å². The van der Waals surface area contributed by atoms with E-state index in [0.717, 1.165) is 30.5 Å². The maximum absolute atomic E-state index is 14.2. The summed E-state index contributed by atoms with van der Waals surface area (Å²) in [6, 6.07) is -6.15. The highest BCUT2D eigenvalue weighted by Crippen LogP contribution is 2.25. The minimum absolute atomic E-state index is 0.0861. The molecule has 1 heterocycles. The molecule has 384 valence electrons. The van der Waals surface area contributed by atoms with Crippen molar-refractivity contribution in [1.29, 1.82) is 0 Å². The van der Waals surface area contributed by atoms with Crippen LogP contribution >= 0.6 is 11.8 Å². The van der Waals surface area contributed by atoms with E-state index in [1.54, 1.807) is 20.8 Å². The van der Waals surface area contributed by atoms with Crippen molar-refractivity contribution in [1.82, 2.24) is 36.8 Å². The standard InChI is InChI=1S/C43H65N9O16S/c1-10-22(3)38(50-36(59)16-44)41(63)46-17-37(60)48-32(20-69-25(6)47-23(4)12-13-30(11-2)67-27(8)55)39(61)49-31(15-35(45)58)42(64)52-18-29(57)14-33(52)40(62)51-43(65,21-53)24(5)34(68-28(9)56)19-66-26(7)54/h11-13,21-22,24,29,31-34,38,47,57,65H,4,6,10,14-20,44H2,1-3,5,7-9H3,(H2,45,58)(H,46,63)(H,48,60)(H,49,61)(H,50,59)(H,51,62)/b13-12-,30-11+/t22-,24-,29+,31?,32?,33-,34-,38-,43-/m0/s1. The summed E-state index contributed by atoms with van der Waals surface area (Å²) >= 11 is 0.878. The van der Waals surface area contributed by atoms with Crippen molar-refractivity contribution in [3.05, 3.63) is 47.9 Å². The van der Waals surface area contributed by atoms with Crippen LogP contribution in [-0.4, -0.2) is 155 Å². The largest absolute Gasteiger partial charge is 0.462 e. The molecule has 0 aromatic rings. The maximum Gasteiger partial charge on any atom is 0.308 e. The maximum atomic E-state index is 14.2. The Morgan fingerprint density at radius 3 is 2.12 bits per heavy atom. The molecule has 2 unspecified atom stereocenters. The summed E-state index contributed by atoms with van der Waals surface area (Å²) in [5.74, 6) is -11.1. The molecule has 0 radical (unpaired) electrons. The molecule has 7 amide bonds. The van der Waals surface area contributed by atoms with Gasteiger partial charge in [-0.3, -0.25) is 52.7 Å². The molecule has 0 aromatic heterocycles. The van der Waals surface area contributed by atoms with Gasteiger partial charge in [0.05, 0.1) is 36.6 Å². The lowest BCUT2D eigenvalue weighted by Crippen LogP contribution is -2.63. The van der Waals surface area contributed by atoms with Crippen LogP contribution in [0.2, 0.25) is 0 Å². The molecule has 69 heavy (non-hydrogen) atoms. The number of β-amino-alcohol motifs (C(OH)–C–C–N with tert-alkyl or cyclic N) is 1. The number of aliphatic hydroxyl groups excluding tert-OH is 1. The Morgan fingerprint density at radius 1 is 0.928 bits per heavy atom. The minimum Gasteiger partial charge on any atom is -0.462 e. The van der Waals surface area contributed by atoms with Gasteiger partial charge < -0.3 is 72.7 Å².